The molecule has 2 fully saturated rings. The Morgan fingerprint density at radius 2 is 1.72 bits per heavy atom. The van der Waals surface area contributed by atoms with Crippen LogP contribution in [-0.2, 0) is 26.2 Å². The van der Waals surface area contributed by atoms with Crippen molar-refractivity contribution in [3.63, 3.8) is 0 Å². The lowest BCUT2D eigenvalue weighted by Gasteiger charge is -2.36. The van der Waals surface area contributed by atoms with Crippen LogP contribution in [0.3, 0.4) is 0 Å². The summed E-state index contributed by atoms with van der Waals surface area (Å²) in [5.41, 5.74) is 1.21. The molecule has 3 heterocycles. The molecular weight excluding hydrogens is 534 g/mol. The first kappa shape index (κ1) is 24.9. The van der Waals surface area contributed by atoms with Gasteiger partial charge in [-0.05, 0) is 36.8 Å². The molecule has 13 heteroatoms. The first-order valence-corrected chi connectivity index (χ1v) is 13.4. The number of halogens is 3. The van der Waals surface area contributed by atoms with Gasteiger partial charge in [0.15, 0.2) is 0 Å². The topological polar surface area (TPSA) is 107 Å². The molecule has 3 aliphatic rings. The van der Waals surface area contributed by atoms with Crippen molar-refractivity contribution < 1.29 is 27.2 Å². The summed E-state index contributed by atoms with van der Waals surface area (Å²) in [6.07, 6.45) is 0.315. The lowest BCUT2D eigenvalue weighted by Crippen LogP contribution is -2.52. The van der Waals surface area contributed by atoms with Crippen LogP contribution < -0.4 is 10.2 Å². The van der Waals surface area contributed by atoms with Crippen LogP contribution in [0.2, 0.25) is 10.0 Å². The Labute approximate surface area is 216 Å². The fourth-order valence-electron chi connectivity index (χ4n) is 4.87. The smallest absolute Gasteiger partial charge is 0.255 e. The van der Waals surface area contributed by atoms with Crippen LogP contribution in [0.4, 0.5) is 10.1 Å². The van der Waals surface area contributed by atoms with Crippen LogP contribution in [-0.4, -0.2) is 67.6 Å². The molecule has 36 heavy (non-hydrogen) atoms. The SMILES string of the molecule is O=C1CCC(N2Cc3c(cc(F)cc3N3CCN(S(=O)(=O)c4cc(Cl)ccc4Cl)CC3)C2=O)C(=O)N1. The van der Waals surface area contributed by atoms with Gasteiger partial charge in [-0.2, -0.15) is 4.31 Å². The molecule has 1 N–H and O–H groups in total. The zero-order chi connectivity index (χ0) is 25.8. The first-order valence-electron chi connectivity index (χ1n) is 11.2. The van der Waals surface area contributed by atoms with E-state index in [4.69, 9.17) is 23.2 Å². The minimum absolute atomic E-state index is 0.0665. The molecule has 2 saturated heterocycles. The van der Waals surface area contributed by atoms with Gasteiger partial charge in [0.2, 0.25) is 21.8 Å². The van der Waals surface area contributed by atoms with E-state index >= 15 is 0 Å². The number of carbonyl (C=O) groups is 3. The second-order valence-electron chi connectivity index (χ2n) is 8.82. The zero-order valence-corrected chi connectivity index (χ0v) is 21.2. The van der Waals surface area contributed by atoms with Gasteiger partial charge in [0, 0.05) is 61.0 Å². The Kier molecular flexibility index (Phi) is 6.44. The monoisotopic (exact) mass is 554 g/mol. The molecule has 0 aromatic heterocycles. The van der Waals surface area contributed by atoms with Gasteiger partial charge in [0.1, 0.15) is 16.8 Å². The molecule has 3 aliphatic heterocycles. The maximum Gasteiger partial charge on any atom is 0.255 e. The summed E-state index contributed by atoms with van der Waals surface area (Å²) in [5, 5.41) is 2.56. The first-order chi connectivity index (χ1) is 17.1. The van der Waals surface area contributed by atoms with Crippen molar-refractivity contribution in [3.05, 3.63) is 57.3 Å². The standard InChI is InChI=1S/C23H21Cl2FN4O5S/c24-13-1-2-17(25)20(9-13)36(34,35)29-7-5-28(6-8-29)19-11-14(26)10-15-16(19)12-30(23(15)33)18-3-4-21(31)27-22(18)32/h1-2,9-11,18H,3-8,12H2,(H,27,31,32). The van der Waals surface area contributed by atoms with Crippen molar-refractivity contribution in [2.75, 3.05) is 31.1 Å². The second kappa shape index (κ2) is 9.29. The van der Waals surface area contributed by atoms with Gasteiger partial charge in [-0.25, -0.2) is 12.8 Å². The fourth-order valence-corrected chi connectivity index (χ4v) is 7.03. The average molecular weight is 555 g/mol. The number of amides is 3. The third-order valence-electron chi connectivity index (χ3n) is 6.69. The number of fused-ring (bicyclic) bond motifs is 1. The number of benzene rings is 2. The molecule has 0 spiro atoms. The van der Waals surface area contributed by atoms with E-state index in [0.29, 0.717) is 11.3 Å². The minimum atomic E-state index is -3.90. The molecule has 1 atom stereocenters. The van der Waals surface area contributed by atoms with Gasteiger partial charge in [0.05, 0.1) is 5.02 Å². The number of hydrogen-bond acceptors (Lipinski definition) is 6. The second-order valence-corrected chi connectivity index (χ2v) is 11.6. The van der Waals surface area contributed by atoms with E-state index in [1.54, 1.807) is 0 Å². The molecule has 2 aromatic rings. The highest BCUT2D eigenvalue weighted by molar-refractivity contribution is 7.89. The maximum atomic E-state index is 14.6. The highest BCUT2D eigenvalue weighted by atomic mass is 35.5. The predicted octanol–water partition coefficient (Wildman–Crippen LogP) is 2.40. The van der Waals surface area contributed by atoms with Gasteiger partial charge in [-0.15, -0.1) is 0 Å². The summed E-state index contributed by atoms with van der Waals surface area (Å²) in [5.74, 6) is -2.02. The van der Waals surface area contributed by atoms with Crippen LogP contribution >= 0.6 is 23.2 Å². The predicted molar refractivity (Wildman–Crippen MR) is 130 cm³/mol. The zero-order valence-electron chi connectivity index (χ0n) is 18.8. The average Bonchev–Trinajstić information content (AvgIpc) is 3.16. The fraction of sp³-hybridized carbons (Fsp3) is 0.348. The molecule has 2 aromatic carbocycles. The largest absolute Gasteiger partial charge is 0.369 e. The van der Waals surface area contributed by atoms with E-state index in [1.807, 2.05) is 4.90 Å². The Morgan fingerprint density at radius 3 is 2.42 bits per heavy atom. The lowest BCUT2D eigenvalue weighted by molar-refractivity contribution is -0.136. The molecule has 1 unspecified atom stereocenters. The number of sulfonamides is 1. The van der Waals surface area contributed by atoms with Gasteiger partial charge < -0.3 is 9.80 Å². The van der Waals surface area contributed by atoms with E-state index in [0.717, 1.165) is 6.07 Å². The third kappa shape index (κ3) is 4.34. The van der Waals surface area contributed by atoms with E-state index in [2.05, 4.69) is 5.32 Å². The van der Waals surface area contributed by atoms with E-state index in [1.165, 1.54) is 33.5 Å². The lowest BCUT2D eigenvalue weighted by atomic mass is 10.0. The van der Waals surface area contributed by atoms with Crippen molar-refractivity contribution in [1.29, 1.82) is 0 Å². The third-order valence-corrected chi connectivity index (χ3v) is 9.30. The van der Waals surface area contributed by atoms with Crippen molar-refractivity contribution >= 4 is 56.6 Å². The normalized spacial score (nSPS) is 21.1. The van der Waals surface area contributed by atoms with Crippen LogP contribution in [0.5, 0.6) is 0 Å². The number of imide groups is 1. The van der Waals surface area contributed by atoms with E-state index < -0.39 is 33.7 Å². The van der Waals surface area contributed by atoms with Crippen molar-refractivity contribution in [2.45, 2.75) is 30.3 Å². The highest BCUT2D eigenvalue weighted by Gasteiger charge is 2.41. The molecule has 0 saturated carbocycles. The molecule has 3 amide bonds. The molecule has 9 nitrogen and oxygen atoms in total. The van der Waals surface area contributed by atoms with Gasteiger partial charge >= 0.3 is 0 Å². The Bertz CT molecular complexity index is 1400. The summed E-state index contributed by atoms with van der Waals surface area (Å²) >= 11 is 12.1. The summed E-state index contributed by atoms with van der Waals surface area (Å²) in [6.45, 7) is 0.815. The number of hydrogen-bond donors (Lipinski definition) is 1. The molecule has 190 valence electrons. The van der Waals surface area contributed by atoms with E-state index in [9.17, 15) is 27.2 Å². The molecule has 0 radical (unpaired) electrons. The molecule has 0 aliphatic carbocycles. The van der Waals surface area contributed by atoms with Crippen molar-refractivity contribution in [1.82, 2.24) is 14.5 Å². The number of piperidine rings is 1. The number of nitrogens with one attached hydrogen (secondary N) is 1. The highest BCUT2D eigenvalue weighted by Crippen LogP contribution is 2.36. The van der Waals surface area contributed by atoms with Gasteiger partial charge in [-0.1, -0.05) is 23.2 Å². The quantitative estimate of drug-likeness (QED) is 0.581. The number of carbonyl (C=O) groups excluding carboxylic acids is 3. The summed E-state index contributed by atoms with van der Waals surface area (Å²) < 4.78 is 42.2. The Balaban J connectivity index is 1.37. The van der Waals surface area contributed by atoms with Crippen LogP contribution in [0.15, 0.2) is 35.2 Å². The summed E-state index contributed by atoms with van der Waals surface area (Å²) in [4.78, 5) is 40.0. The number of anilines is 1. The Morgan fingerprint density at radius 1 is 1.00 bits per heavy atom. The van der Waals surface area contributed by atoms with Crippen molar-refractivity contribution in [3.8, 4) is 0 Å². The number of piperazine rings is 1. The Hall–Kier alpha value is -2.73. The summed E-state index contributed by atoms with van der Waals surface area (Å²) in [7, 11) is -3.90. The van der Waals surface area contributed by atoms with Crippen molar-refractivity contribution in [2.24, 2.45) is 0 Å². The summed E-state index contributed by atoms with van der Waals surface area (Å²) in [6, 6.07) is 5.88. The molecule has 0 bridgehead atoms. The van der Waals surface area contributed by atoms with Crippen LogP contribution in [0.25, 0.3) is 0 Å². The van der Waals surface area contributed by atoms with Crippen LogP contribution in [0.1, 0.15) is 28.8 Å². The van der Waals surface area contributed by atoms with Gasteiger partial charge in [0.25, 0.3) is 5.91 Å². The molecule has 5 rings (SSSR count). The van der Waals surface area contributed by atoms with E-state index in [-0.39, 0.29) is 72.0 Å². The maximum absolute atomic E-state index is 14.6. The molecular formula is C23H21Cl2FN4O5S. The van der Waals surface area contributed by atoms with Gasteiger partial charge in [-0.3, -0.25) is 19.7 Å². The minimum Gasteiger partial charge on any atom is -0.369 e. The number of nitrogens with zero attached hydrogens (tertiary/aromatic N) is 3. The number of rotatable bonds is 4. The van der Waals surface area contributed by atoms with Crippen LogP contribution in [0, 0.1) is 5.82 Å².